The smallest absolute Gasteiger partial charge is 0.133 e. The average Bonchev–Trinajstić information content (AvgIpc) is 3.10. The molecule has 150 valence electrons. The van der Waals surface area contributed by atoms with E-state index in [1.807, 2.05) is 12.1 Å². The van der Waals surface area contributed by atoms with Gasteiger partial charge in [0, 0.05) is 31.6 Å². The van der Waals surface area contributed by atoms with Crippen molar-refractivity contribution < 1.29 is 14.3 Å². The van der Waals surface area contributed by atoms with E-state index in [9.17, 15) is 5.11 Å². The maximum Gasteiger partial charge on any atom is 0.133 e. The van der Waals surface area contributed by atoms with Crippen molar-refractivity contribution in [2.75, 3.05) is 26.8 Å². The van der Waals surface area contributed by atoms with Crippen LogP contribution in [0.2, 0.25) is 19.6 Å². The van der Waals surface area contributed by atoms with Gasteiger partial charge in [0.1, 0.15) is 13.7 Å². The maximum absolute atomic E-state index is 12.0. The highest BCUT2D eigenvalue weighted by atomic mass is 28.3. The first-order valence-corrected chi connectivity index (χ1v) is 13.8. The van der Waals surface area contributed by atoms with E-state index in [2.05, 4.69) is 37.1 Å². The monoisotopic (exact) mass is 389 g/mol. The van der Waals surface area contributed by atoms with E-state index in [4.69, 9.17) is 9.15 Å². The predicted octanol–water partition coefficient (Wildman–Crippen LogP) is 3.98. The molecule has 1 aliphatic heterocycles. The Morgan fingerprint density at radius 2 is 2.11 bits per heavy atom. The molecule has 2 heterocycles. The van der Waals surface area contributed by atoms with Crippen LogP contribution in [0.5, 0.6) is 0 Å². The standard InChI is InChI=1S/C22H35NO3Si/c1-25-14-6-5-12-22(24,17-9-8-13-23-16-17)19-10-7-11-20-18(19)15-21(26-20)27(2,3)4/h7,10-11,15,17,23-24H,5-6,8-9,12-14,16H2,1-4H3/t17?,22-/m0/s1. The Labute approximate surface area is 164 Å². The molecule has 1 aromatic heterocycles. The van der Waals surface area contributed by atoms with Gasteiger partial charge in [0.25, 0.3) is 0 Å². The summed E-state index contributed by atoms with van der Waals surface area (Å²) in [5, 5.41) is 17.7. The molecule has 1 aliphatic rings. The van der Waals surface area contributed by atoms with E-state index >= 15 is 0 Å². The molecule has 1 saturated heterocycles. The number of methoxy groups -OCH3 is 1. The van der Waals surface area contributed by atoms with E-state index in [1.165, 1.54) is 0 Å². The molecule has 0 amide bonds. The van der Waals surface area contributed by atoms with Gasteiger partial charge >= 0.3 is 0 Å². The van der Waals surface area contributed by atoms with Crippen LogP contribution in [-0.2, 0) is 10.3 Å². The van der Waals surface area contributed by atoms with Crippen LogP contribution in [0.25, 0.3) is 11.0 Å². The summed E-state index contributed by atoms with van der Waals surface area (Å²) in [5.74, 6) is 0.227. The van der Waals surface area contributed by atoms with Gasteiger partial charge in [-0.1, -0.05) is 31.8 Å². The Kier molecular flexibility index (Phi) is 6.46. The SMILES string of the molecule is COCCCC[C@@](O)(c1cccc2oc([Si](C)(C)C)cc12)C1CCCNC1. The van der Waals surface area contributed by atoms with Crippen LogP contribution in [0, 0.1) is 5.92 Å². The van der Waals surface area contributed by atoms with E-state index < -0.39 is 13.7 Å². The summed E-state index contributed by atoms with van der Waals surface area (Å²) < 4.78 is 11.4. The first-order chi connectivity index (χ1) is 12.9. The van der Waals surface area contributed by atoms with E-state index in [0.29, 0.717) is 0 Å². The first-order valence-electron chi connectivity index (χ1n) is 10.3. The predicted molar refractivity (Wildman–Crippen MR) is 114 cm³/mol. The second-order valence-electron chi connectivity index (χ2n) is 9.00. The molecule has 1 unspecified atom stereocenters. The molecule has 1 fully saturated rings. The maximum atomic E-state index is 12.0. The highest BCUT2D eigenvalue weighted by Crippen LogP contribution is 2.41. The number of piperidine rings is 1. The van der Waals surface area contributed by atoms with Crippen molar-refractivity contribution in [3.05, 3.63) is 29.8 Å². The van der Waals surface area contributed by atoms with Crippen LogP contribution < -0.4 is 10.7 Å². The Hall–Kier alpha value is -1.14. The molecule has 2 N–H and O–H groups in total. The molecule has 4 nitrogen and oxygen atoms in total. The number of hydrogen-bond donors (Lipinski definition) is 2. The summed E-state index contributed by atoms with van der Waals surface area (Å²) in [7, 11) is 0.186. The first kappa shape index (κ1) is 20.6. The summed E-state index contributed by atoms with van der Waals surface area (Å²) in [6.07, 6.45) is 4.86. The minimum Gasteiger partial charge on any atom is -0.466 e. The van der Waals surface area contributed by atoms with E-state index in [-0.39, 0.29) is 5.92 Å². The quantitative estimate of drug-likeness (QED) is 0.530. The normalized spacial score (nSPS) is 20.7. The van der Waals surface area contributed by atoms with Crippen molar-refractivity contribution in [1.82, 2.24) is 5.32 Å². The fourth-order valence-electron chi connectivity index (χ4n) is 4.27. The highest BCUT2D eigenvalue weighted by molar-refractivity contribution is 6.87. The minimum atomic E-state index is -1.55. The molecule has 27 heavy (non-hydrogen) atoms. The van der Waals surface area contributed by atoms with Gasteiger partial charge in [0.05, 0.1) is 11.0 Å². The molecule has 2 aromatic rings. The number of unbranched alkanes of at least 4 members (excludes halogenated alkanes) is 1. The van der Waals surface area contributed by atoms with Crippen LogP contribution in [0.3, 0.4) is 0 Å². The van der Waals surface area contributed by atoms with Crippen LogP contribution in [0.4, 0.5) is 0 Å². The lowest BCUT2D eigenvalue weighted by Gasteiger charge is -2.39. The van der Waals surface area contributed by atoms with Crippen LogP contribution in [0.15, 0.2) is 28.7 Å². The van der Waals surface area contributed by atoms with Gasteiger partial charge in [0.15, 0.2) is 0 Å². The number of hydrogen-bond acceptors (Lipinski definition) is 4. The number of furan rings is 1. The van der Waals surface area contributed by atoms with Crippen LogP contribution in [-0.4, -0.2) is 40.0 Å². The Balaban J connectivity index is 2.01. The fraction of sp³-hybridized carbons (Fsp3) is 0.636. The third-order valence-corrected chi connectivity index (χ3v) is 7.62. The Morgan fingerprint density at radius 3 is 2.78 bits per heavy atom. The largest absolute Gasteiger partial charge is 0.466 e. The van der Waals surface area contributed by atoms with E-state index in [0.717, 1.165) is 73.7 Å². The topological polar surface area (TPSA) is 54.6 Å². The molecule has 0 bridgehead atoms. The van der Waals surface area contributed by atoms with Gasteiger partial charge in [-0.2, -0.15) is 0 Å². The second-order valence-corrected chi connectivity index (χ2v) is 14.0. The summed E-state index contributed by atoms with van der Waals surface area (Å²) in [6, 6.07) is 8.38. The molecular weight excluding hydrogens is 354 g/mol. The lowest BCUT2D eigenvalue weighted by molar-refractivity contribution is -0.0421. The fourth-order valence-corrected chi connectivity index (χ4v) is 5.26. The highest BCUT2D eigenvalue weighted by Gasteiger charge is 2.40. The molecule has 2 atom stereocenters. The molecule has 0 spiro atoms. The van der Waals surface area contributed by atoms with Gasteiger partial charge in [-0.05, 0) is 56.3 Å². The lowest BCUT2D eigenvalue weighted by Crippen LogP contribution is -2.44. The second kappa shape index (κ2) is 8.48. The molecule has 1 aromatic carbocycles. The molecule has 0 aliphatic carbocycles. The van der Waals surface area contributed by atoms with Crippen molar-refractivity contribution in [3.8, 4) is 0 Å². The van der Waals surface area contributed by atoms with Gasteiger partial charge in [-0.15, -0.1) is 0 Å². The Morgan fingerprint density at radius 1 is 1.30 bits per heavy atom. The molecule has 0 saturated carbocycles. The summed E-state index contributed by atoms with van der Waals surface area (Å²) in [4.78, 5) is 0. The number of ether oxygens (including phenoxy) is 1. The van der Waals surface area contributed by atoms with Crippen LogP contribution >= 0.6 is 0 Å². The van der Waals surface area contributed by atoms with Crippen molar-refractivity contribution in [1.29, 1.82) is 0 Å². The number of fused-ring (bicyclic) bond motifs is 1. The van der Waals surface area contributed by atoms with Gasteiger partial charge in [-0.25, -0.2) is 0 Å². The zero-order chi connectivity index (χ0) is 19.5. The average molecular weight is 390 g/mol. The van der Waals surface area contributed by atoms with Crippen molar-refractivity contribution in [2.45, 2.75) is 57.3 Å². The van der Waals surface area contributed by atoms with Gasteiger partial charge < -0.3 is 19.6 Å². The zero-order valence-electron chi connectivity index (χ0n) is 17.3. The molecule has 5 heteroatoms. The number of nitrogens with one attached hydrogen (secondary N) is 1. The van der Waals surface area contributed by atoms with Crippen molar-refractivity contribution in [2.24, 2.45) is 5.92 Å². The zero-order valence-corrected chi connectivity index (χ0v) is 18.3. The Bertz CT molecular complexity index is 746. The molecule has 0 radical (unpaired) electrons. The molecular formula is C22H35NO3Si. The van der Waals surface area contributed by atoms with E-state index in [1.54, 1.807) is 7.11 Å². The molecule has 3 rings (SSSR count). The summed E-state index contributed by atoms with van der Waals surface area (Å²) >= 11 is 0. The number of benzene rings is 1. The third kappa shape index (κ3) is 4.48. The lowest BCUT2D eigenvalue weighted by atomic mass is 9.73. The summed E-state index contributed by atoms with van der Waals surface area (Å²) in [6.45, 7) is 9.56. The number of aliphatic hydroxyl groups is 1. The van der Waals surface area contributed by atoms with Crippen molar-refractivity contribution >= 4 is 24.4 Å². The third-order valence-electron chi connectivity index (χ3n) is 5.90. The minimum absolute atomic E-state index is 0.227. The van der Waals surface area contributed by atoms with Gasteiger partial charge in [0.2, 0.25) is 0 Å². The van der Waals surface area contributed by atoms with Crippen LogP contribution in [0.1, 0.15) is 37.7 Å². The van der Waals surface area contributed by atoms with Gasteiger partial charge in [-0.3, -0.25) is 0 Å². The summed E-state index contributed by atoms with van der Waals surface area (Å²) in [5.41, 5.74) is 1.12. The van der Waals surface area contributed by atoms with Crippen molar-refractivity contribution in [3.63, 3.8) is 0 Å². The number of rotatable bonds is 8.